The summed E-state index contributed by atoms with van der Waals surface area (Å²) in [6.45, 7) is 2.55. The molecule has 0 radical (unpaired) electrons. The summed E-state index contributed by atoms with van der Waals surface area (Å²) in [5.41, 5.74) is 1.55. The second kappa shape index (κ2) is 6.73. The minimum Gasteiger partial charge on any atom is -0.492 e. The monoisotopic (exact) mass is 350 g/mol. The van der Waals surface area contributed by atoms with Gasteiger partial charge in [0, 0.05) is 12.0 Å². The molecular formula is C18H23ClN2O3. The lowest BCUT2D eigenvalue weighted by molar-refractivity contribution is -0.138. The van der Waals surface area contributed by atoms with Crippen LogP contribution in [0.15, 0.2) is 18.2 Å². The summed E-state index contributed by atoms with van der Waals surface area (Å²) < 4.78 is 5.84. The normalized spacial score (nSPS) is 26.5. The summed E-state index contributed by atoms with van der Waals surface area (Å²) in [6, 6.07) is 6.25. The van der Waals surface area contributed by atoms with Crippen LogP contribution in [0.25, 0.3) is 0 Å². The Bertz CT molecular complexity index is 658. The van der Waals surface area contributed by atoms with Crippen molar-refractivity contribution in [2.24, 2.45) is 5.92 Å². The van der Waals surface area contributed by atoms with Crippen LogP contribution < -0.4 is 15.4 Å². The summed E-state index contributed by atoms with van der Waals surface area (Å²) >= 11 is 0. The molecule has 3 aliphatic rings. The Morgan fingerprint density at radius 3 is 2.75 bits per heavy atom. The van der Waals surface area contributed by atoms with Crippen LogP contribution in [0.3, 0.4) is 0 Å². The lowest BCUT2D eigenvalue weighted by Gasteiger charge is -2.30. The second-order valence-corrected chi connectivity index (χ2v) is 6.98. The van der Waals surface area contributed by atoms with Gasteiger partial charge in [-0.3, -0.25) is 14.9 Å². The third kappa shape index (κ3) is 2.91. The van der Waals surface area contributed by atoms with Crippen molar-refractivity contribution in [2.45, 2.75) is 37.5 Å². The number of rotatable bonds is 2. The first-order valence-corrected chi connectivity index (χ1v) is 8.49. The molecule has 3 heterocycles. The van der Waals surface area contributed by atoms with E-state index in [0.29, 0.717) is 19.4 Å². The van der Waals surface area contributed by atoms with Crippen molar-refractivity contribution in [3.05, 3.63) is 29.3 Å². The van der Waals surface area contributed by atoms with Gasteiger partial charge >= 0.3 is 0 Å². The number of hydrogen-bond donors (Lipinski definition) is 2. The molecule has 2 saturated heterocycles. The molecule has 2 fully saturated rings. The zero-order valence-corrected chi connectivity index (χ0v) is 14.4. The van der Waals surface area contributed by atoms with E-state index < -0.39 is 5.41 Å². The first-order valence-electron chi connectivity index (χ1n) is 8.49. The number of nitrogens with one attached hydrogen (secondary N) is 2. The molecule has 0 saturated carbocycles. The molecule has 1 aromatic carbocycles. The van der Waals surface area contributed by atoms with Crippen molar-refractivity contribution in [3.8, 4) is 5.75 Å². The van der Waals surface area contributed by atoms with Gasteiger partial charge < -0.3 is 10.1 Å². The molecule has 1 aromatic rings. The van der Waals surface area contributed by atoms with Crippen LogP contribution in [0, 0.1) is 5.92 Å². The van der Waals surface area contributed by atoms with Crippen molar-refractivity contribution < 1.29 is 14.3 Å². The van der Waals surface area contributed by atoms with Gasteiger partial charge in [0.05, 0.1) is 0 Å². The molecule has 1 spiro atoms. The fourth-order valence-electron chi connectivity index (χ4n) is 4.05. The molecule has 4 rings (SSSR count). The van der Waals surface area contributed by atoms with Crippen LogP contribution in [-0.2, 0) is 21.4 Å². The number of hydrogen-bond acceptors (Lipinski definition) is 4. The Kier molecular flexibility index (Phi) is 4.83. The molecule has 6 heteroatoms. The fourth-order valence-corrected chi connectivity index (χ4v) is 4.05. The van der Waals surface area contributed by atoms with Crippen LogP contribution in [0.5, 0.6) is 5.75 Å². The Morgan fingerprint density at radius 1 is 1.21 bits per heavy atom. The number of benzene rings is 1. The van der Waals surface area contributed by atoms with Gasteiger partial charge in [0.2, 0.25) is 11.8 Å². The van der Waals surface area contributed by atoms with E-state index in [-0.39, 0.29) is 24.2 Å². The average molecular weight is 351 g/mol. The average Bonchev–Trinajstić information content (AvgIpc) is 2.92. The van der Waals surface area contributed by atoms with Gasteiger partial charge in [0.25, 0.3) is 0 Å². The molecule has 1 atom stereocenters. The van der Waals surface area contributed by atoms with Crippen molar-refractivity contribution in [2.75, 3.05) is 19.7 Å². The van der Waals surface area contributed by atoms with E-state index in [2.05, 4.69) is 22.8 Å². The number of piperidine rings is 2. The molecule has 3 aliphatic heterocycles. The lowest BCUT2D eigenvalue weighted by Crippen LogP contribution is -2.52. The standard InChI is InChI=1S/C18H22N2O3.ClH/c21-16-3-6-18(17(22)20-16)11-23-15-10-13(1-2-14(15)18)9-12-4-7-19-8-5-12;/h1-2,10,12,19H,3-9,11H2,(H,20,21,22);1H. The van der Waals surface area contributed by atoms with Crippen molar-refractivity contribution in [3.63, 3.8) is 0 Å². The highest BCUT2D eigenvalue weighted by Crippen LogP contribution is 2.44. The van der Waals surface area contributed by atoms with E-state index in [1.54, 1.807) is 0 Å². The number of carbonyl (C=O) groups excluding carboxylic acids is 2. The van der Waals surface area contributed by atoms with Gasteiger partial charge in [-0.25, -0.2) is 0 Å². The third-order valence-corrected chi connectivity index (χ3v) is 5.49. The van der Waals surface area contributed by atoms with E-state index in [0.717, 1.165) is 36.7 Å². The quantitative estimate of drug-likeness (QED) is 0.797. The van der Waals surface area contributed by atoms with E-state index in [1.165, 1.54) is 18.4 Å². The van der Waals surface area contributed by atoms with Crippen LogP contribution in [0.1, 0.15) is 36.8 Å². The van der Waals surface area contributed by atoms with Gasteiger partial charge in [-0.05, 0) is 56.3 Å². The van der Waals surface area contributed by atoms with Crippen molar-refractivity contribution >= 4 is 24.2 Å². The SMILES string of the molecule is Cl.O=C1CCC2(COc3cc(CC4CCNCC4)ccc32)C(=O)N1. The predicted octanol–water partition coefficient (Wildman–Crippen LogP) is 1.72. The summed E-state index contributed by atoms with van der Waals surface area (Å²) in [6.07, 6.45) is 4.42. The highest BCUT2D eigenvalue weighted by molar-refractivity contribution is 6.04. The smallest absolute Gasteiger partial charge is 0.240 e. The van der Waals surface area contributed by atoms with Crippen molar-refractivity contribution in [1.82, 2.24) is 10.6 Å². The molecule has 0 aromatic heterocycles. The molecule has 1 unspecified atom stereocenters. The van der Waals surface area contributed by atoms with E-state index in [4.69, 9.17) is 4.74 Å². The maximum atomic E-state index is 12.4. The Morgan fingerprint density at radius 2 is 2.00 bits per heavy atom. The minimum atomic E-state index is -0.670. The summed E-state index contributed by atoms with van der Waals surface area (Å²) in [5.74, 6) is 1.15. The van der Waals surface area contributed by atoms with Crippen LogP contribution in [0.4, 0.5) is 0 Å². The molecule has 0 aliphatic carbocycles. The van der Waals surface area contributed by atoms with Crippen molar-refractivity contribution in [1.29, 1.82) is 0 Å². The van der Waals surface area contributed by atoms with Gasteiger partial charge in [0.15, 0.2) is 0 Å². The highest BCUT2D eigenvalue weighted by Gasteiger charge is 2.50. The molecule has 24 heavy (non-hydrogen) atoms. The van der Waals surface area contributed by atoms with Gasteiger partial charge in [0.1, 0.15) is 17.8 Å². The Balaban J connectivity index is 0.00000169. The number of ether oxygens (including phenoxy) is 1. The minimum absolute atomic E-state index is 0. The Hall–Kier alpha value is -1.59. The number of imide groups is 1. The van der Waals surface area contributed by atoms with E-state index in [1.807, 2.05) is 6.07 Å². The number of halogens is 1. The summed E-state index contributed by atoms with van der Waals surface area (Å²) in [4.78, 5) is 23.8. The zero-order valence-electron chi connectivity index (χ0n) is 13.6. The molecular weight excluding hydrogens is 328 g/mol. The first-order chi connectivity index (χ1) is 11.2. The topological polar surface area (TPSA) is 67.4 Å². The molecule has 2 N–H and O–H groups in total. The van der Waals surface area contributed by atoms with E-state index >= 15 is 0 Å². The molecule has 2 amide bonds. The Labute approximate surface area is 147 Å². The summed E-state index contributed by atoms with van der Waals surface area (Å²) in [7, 11) is 0. The number of amides is 2. The van der Waals surface area contributed by atoms with Crippen LogP contribution in [0.2, 0.25) is 0 Å². The predicted molar refractivity (Wildman–Crippen MR) is 92.5 cm³/mol. The highest BCUT2D eigenvalue weighted by atomic mass is 35.5. The first kappa shape index (κ1) is 17.2. The second-order valence-electron chi connectivity index (χ2n) is 6.98. The van der Waals surface area contributed by atoms with Gasteiger partial charge in [-0.2, -0.15) is 0 Å². The zero-order chi connectivity index (χ0) is 15.9. The molecule has 5 nitrogen and oxygen atoms in total. The van der Waals surface area contributed by atoms with E-state index in [9.17, 15) is 9.59 Å². The number of carbonyl (C=O) groups is 2. The maximum Gasteiger partial charge on any atom is 0.240 e. The van der Waals surface area contributed by atoms with Crippen LogP contribution >= 0.6 is 12.4 Å². The van der Waals surface area contributed by atoms with Gasteiger partial charge in [-0.1, -0.05) is 12.1 Å². The molecule has 0 bridgehead atoms. The molecule has 130 valence electrons. The largest absolute Gasteiger partial charge is 0.492 e. The fraction of sp³-hybridized carbons (Fsp3) is 0.556. The number of fused-ring (bicyclic) bond motifs is 2. The third-order valence-electron chi connectivity index (χ3n) is 5.49. The van der Waals surface area contributed by atoms with Gasteiger partial charge in [-0.15, -0.1) is 12.4 Å². The maximum absolute atomic E-state index is 12.4. The lowest BCUT2D eigenvalue weighted by atomic mass is 9.75. The van der Waals surface area contributed by atoms with Crippen LogP contribution in [-0.4, -0.2) is 31.5 Å². The summed E-state index contributed by atoms with van der Waals surface area (Å²) in [5, 5.41) is 5.86.